The minimum atomic E-state index is -2.12. The largest absolute Gasteiger partial charge is 0.465 e. The number of carbonyl (C=O) groups excluding carboxylic acids is 3. The van der Waals surface area contributed by atoms with Crippen molar-refractivity contribution in [1.82, 2.24) is 0 Å². The third-order valence-corrected chi connectivity index (χ3v) is 9.93. The van der Waals surface area contributed by atoms with Crippen LogP contribution in [0.15, 0.2) is 0 Å². The molecular weight excluding hydrogens is 444 g/mol. The van der Waals surface area contributed by atoms with Gasteiger partial charge in [-0.05, 0) is 31.6 Å². The van der Waals surface area contributed by atoms with E-state index in [1.54, 1.807) is 0 Å². The fraction of sp³-hybridized carbons (Fsp3) is 0.880. The van der Waals surface area contributed by atoms with E-state index in [1.807, 2.05) is 6.92 Å². The Morgan fingerprint density at radius 3 is 2.56 bits per heavy atom. The molecule has 190 valence electrons. The molecule has 0 aromatic carbocycles. The molecule has 4 aliphatic carbocycles. The van der Waals surface area contributed by atoms with Gasteiger partial charge in [0.05, 0.1) is 25.2 Å². The lowest BCUT2D eigenvalue weighted by molar-refractivity contribution is -0.446. The van der Waals surface area contributed by atoms with E-state index in [0.717, 1.165) is 6.42 Å². The van der Waals surface area contributed by atoms with Gasteiger partial charge in [-0.3, -0.25) is 14.4 Å². The lowest BCUT2D eigenvalue weighted by atomic mass is 9.36. The molecule has 9 heteroatoms. The van der Waals surface area contributed by atoms with Crippen LogP contribution in [-0.2, 0) is 33.3 Å². The van der Waals surface area contributed by atoms with Crippen molar-refractivity contribution in [3.63, 3.8) is 0 Å². The Morgan fingerprint density at radius 2 is 1.91 bits per heavy atom. The Bertz CT molecular complexity index is 905. The molecule has 0 unspecified atom stereocenters. The van der Waals surface area contributed by atoms with Crippen molar-refractivity contribution in [1.29, 1.82) is 0 Å². The molecule has 10 atom stereocenters. The molecule has 6 aliphatic rings. The standard InChI is InChI=1S/C25H36O9/c1-13(26)32-11-22(3)6-5-7-23-12-33-25(30,21(29)19(22)23)24-9-15(16(10-31-4)20(24)28)8-17(18(23)24)34-14(2)27/h15-19,21,29-30H,5-12H2,1-4H3/t15-,16-,17-,18+,19-,21+,22+,23-,24-,25-/m1/s1. The summed E-state index contributed by atoms with van der Waals surface area (Å²) in [5.74, 6) is -4.71. The summed E-state index contributed by atoms with van der Waals surface area (Å²) < 4.78 is 22.8. The van der Waals surface area contributed by atoms with Gasteiger partial charge in [0, 0.05) is 49.5 Å². The first-order valence-electron chi connectivity index (χ1n) is 12.3. The Hall–Kier alpha value is -1.55. The van der Waals surface area contributed by atoms with Crippen LogP contribution in [0, 0.1) is 39.9 Å². The highest BCUT2D eigenvalue weighted by Crippen LogP contribution is 2.77. The summed E-state index contributed by atoms with van der Waals surface area (Å²) in [4.78, 5) is 38.0. The van der Waals surface area contributed by atoms with Gasteiger partial charge in [-0.1, -0.05) is 13.3 Å². The molecule has 0 amide bonds. The number of fused-ring (bicyclic) bond motifs is 2. The Morgan fingerprint density at radius 1 is 1.18 bits per heavy atom. The van der Waals surface area contributed by atoms with Crippen LogP contribution in [0.3, 0.4) is 0 Å². The van der Waals surface area contributed by atoms with Gasteiger partial charge in [-0.2, -0.15) is 0 Å². The summed E-state index contributed by atoms with van der Waals surface area (Å²) in [7, 11) is 1.54. The van der Waals surface area contributed by atoms with Crippen LogP contribution >= 0.6 is 0 Å². The molecule has 2 spiro atoms. The van der Waals surface area contributed by atoms with Crippen molar-refractivity contribution >= 4 is 17.7 Å². The number of esters is 2. The number of aliphatic hydroxyl groups is 2. The third-order valence-electron chi connectivity index (χ3n) is 9.93. The predicted octanol–water partition coefficient (Wildman–Crippen LogP) is 1.23. The molecular formula is C25H36O9. The lowest BCUT2D eigenvalue weighted by Gasteiger charge is -2.74. The molecule has 0 aromatic rings. The maximum absolute atomic E-state index is 14.1. The van der Waals surface area contributed by atoms with Crippen molar-refractivity contribution in [2.75, 3.05) is 26.9 Å². The number of hydrogen-bond donors (Lipinski definition) is 2. The van der Waals surface area contributed by atoms with E-state index in [4.69, 9.17) is 18.9 Å². The molecule has 2 heterocycles. The van der Waals surface area contributed by atoms with Gasteiger partial charge in [-0.15, -0.1) is 0 Å². The second-order valence-electron chi connectivity index (χ2n) is 11.7. The summed E-state index contributed by atoms with van der Waals surface area (Å²) in [6.07, 6.45) is 1.08. The number of rotatable bonds is 5. The van der Waals surface area contributed by atoms with Crippen LogP contribution in [0.1, 0.15) is 52.9 Å². The second kappa shape index (κ2) is 7.72. The van der Waals surface area contributed by atoms with Crippen LogP contribution < -0.4 is 0 Å². The van der Waals surface area contributed by atoms with Crippen LogP contribution in [-0.4, -0.2) is 72.9 Å². The zero-order chi connectivity index (χ0) is 24.7. The first-order valence-corrected chi connectivity index (χ1v) is 12.3. The molecule has 2 saturated heterocycles. The molecule has 0 aromatic heterocycles. The summed E-state index contributed by atoms with van der Waals surface area (Å²) in [6.45, 7) is 5.14. The number of aliphatic hydroxyl groups excluding tert-OH is 1. The summed E-state index contributed by atoms with van der Waals surface area (Å²) in [5.41, 5.74) is -2.72. The van der Waals surface area contributed by atoms with E-state index >= 15 is 0 Å². The van der Waals surface area contributed by atoms with Gasteiger partial charge in [-0.25, -0.2) is 0 Å². The van der Waals surface area contributed by atoms with E-state index in [1.165, 1.54) is 21.0 Å². The Balaban J connectivity index is 1.68. The van der Waals surface area contributed by atoms with Crippen LogP contribution in [0.5, 0.6) is 0 Å². The predicted molar refractivity (Wildman–Crippen MR) is 116 cm³/mol. The van der Waals surface area contributed by atoms with Crippen molar-refractivity contribution in [3.05, 3.63) is 0 Å². The fourth-order valence-corrected chi connectivity index (χ4v) is 9.11. The molecule has 4 saturated carbocycles. The first-order chi connectivity index (χ1) is 16.0. The minimum Gasteiger partial charge on any atom is -0.465 e. The van der Waals surface area contributed by atoms with Crippen molar-refractivity contribution in [3.8, 4) is 0 Å². The number of Topliss-reactive ketones (excluding diaryl/α,β-unsaturated/α-hetero) is 1. The normalized spacial score (nSPS) is 50.9. The SMILES string of the molecule is COC[C@H]1C(=O)[C@@]23C[C@H]1C[C@@H](OC(C)=O)[C@H]2[C@]12CCC[C@@](C)(COC(C)=O)[C@H]1[C@H](O)[C@@]3(O)OC2. The van der Waals surface area contributed by atoms with Gasteiger partial charge < -0.3 is 29.2 Å². The molecule has 2 N–H and O–H groups in total. The number of ether oxygens (including phenoxy) is 4. The molecule has 34 heavy (non-hydrogen) atoms. The molecule has 6 rings (SSSR count). The van der Waals surface area contributed by atoms with Crippen LogP contribution in [0.2, 0.25) is 0 Å². The second-order valence-corrected chi connectivity index (χ2v) is 11.7. The van der Waals surface area contributed by atoms with E-state index < -0.39 is 63.9 Å². The van der Waals surface area contributed by atoms with Crippen molar-refractivity contribution in [2.24, 2.45) is 39.9 Å². The zero-order valence-corrected chi connectivity index (χ0v) is 20.4. The average Bonchev–Trinajstić information content (AvgIpc) is 2.96. The highest BCUT2D eigenvalue weighted by molar-refractivity contribution is 5.92. The van der Waals surface area contributed by atoms with E-state index in [-0.39, 0.29) is 31.5 Å². The molecule has 9 nitrogen and oxygen atoms in total. The molecule has 6 fully saturated rings. The number of ketones is 1. The van der Waals surface area contributed by atoms with E-state index in [2.05, 4.69) is 0 Å². The lowest BCUT2D eigenvalue weighted by Crippen LogP contribution is -2.83. The number of methoxy groups -OCH3 is 1. The van der Waals surface area contributed by atoms with E-state index in [0.29, 0.717) is 25.7 Å². The van der Waals surface area contributed by atoms with Gasteiger partial charge in [0.2, 0.25) is 5.79 Å². The van der Waals surface area contributed by atoms with Crippen molar-refractivity contribution < 1.29 is 43.5 Å². The van der Waals surface area contributed by atoms with Crippen LogP contribution in [0.4, 0.5) is 0 Å². The molecule has 4 bridgehead atoms. The Labute approximate surface area is 199 Å². The van der Waals surface area contributed by atoms with Gasteiger partial charge in [0.15, 0.2) is 5.78 Å². The summed E-state index contributed by atoms with van der Waals surface area (Å²) in [6, 6.07) is 0. The average molecular weight is 481 g/mol. The van der Waals surface area contributed by atoms with Crippen LogP contribution in [0.25, 0.3) is 0 Å². The third kappa shape index (κ3) is 2.84. The molecule has 0 radical (unpaired) electrons. The maximum Gasteiger partial charge on any atom is 0.302 e. The first kappa shape index (κ1) is 24.2. The highest BCUT2D eigenvalue weighted by Gasteiger charge is 2.85. The topological polar surface area (TPSA) is 129 Å². The number of carbonyl (C=O) groups is 3. The van der Waals surface area contributed by atoms with Gasteiger partial charge >= 0.3 is 11.9 Å². The quantitative estimate of drug-likeness (QED) is 0.558. The van der Waals surface area contributed by atoms with E-state index in [9.17, 15) is 24.6 Å². The maximum atomic E-state index is 14.1. The minimum absolute atomic E-state index is 0.0999. The summed E-state index contributed by atoms with van der Waals surface area (Å²) in [5, 5.41) is 23.9. The van der Waals surface area contributed by atoms with Gasteiger partial charge in [0.1, 0.15) is 12.2 Å². The smallest absolute Gasteiger partial charge is 0.302 e. The Kier molecular flexibility index (Phi) is 5.49. The highest BCUT2D eigenvalue weighted by atomic mass is 16.6. The van der Waals surface area contributed by atoms with Gasteiger partial charge in [0.25, 0.3) is 0 Å². The summed E-state index contributed by atoms with van der Waals surface area (Å²) >= 11 is 0. The number of hydrogen-bond acceptors (Lipinski definition) is 9. The fourth-order valence-electron chi connectivity index (χ4n) is 9.11. The zero-order valence-electron chi connectivity index (χ0n) is 20.4. The molecule has 2 aliphatic heterocycles. The monoisotopic (exact) mass is 480 g/mol. The van der Waals surface area contributed by atoms with Crippen molar-refractivity contribution in [2.45, 2.75) is 70.9 Å².